The van der Waals surface area contributed by atoms with Gasteiger partial charge < -0.3 is 4.74 Å². The van der Waals surface area contributed by atoms with Gasteiger partial charge in [-0.2, -0.15) is 0 Å². The van der Waals surface area contributed by atoms with E-state index in [9.17, 15) is 0 Å². The smallest absolute Gasteiger partial charge is 0.0594 e. The molecule has 0 amide bonds. The zero-order chi connectivity index (χ0) is 23.2. The Morgan fingerprint density at radius 2 is 1.66 bits per heavy atom. The monoisotopic (exact) mass is 459 g/mol. The van der Waals surface area contributed by atoms with Crippen LogP contribution in [0.3, 0.4) is 0 Å². The van der Waals surface area contributed by atoms with Gasteiger partial charge in [-0.3, -0.25) is 4.90 Å². The maximum Gasteiger partial charge on any atom is 0.0594 e. The summed E-state index contributed by atoms with van der Waals surface area (Å²) in [4.78, 5) is 2.55. The van der Waals surface area contributed by atoms with Crippen molar-refractivity contribution in [2.75, 3.05) is 32.8 Å². The number of benzene rings is 4. The summed E-state index contributed by atoms with van der Waals surface area (Å²) in [6, 6.07) is 25.5. The summed E-state index contributed by atoms with van der Waals surface area (Å²) in [5.41, 5.74) is 9.12. The molecule has 1 heterocycles. The van der Waals surface area contributed by atoms with Crippen molar-refractivity contribution in [3.8, 4) is 0 Å². The Kier molecular flexibility index (Phi) is 5.45. The maximum atomic E-state index is 5.55. The van der Waals surface area contributed by atoms with E-state index in [1.165, 1.54) is 57.7 Å². The highest BCUT2D eigenvalue weighted by molar-refractivity contribution is 6.12. The molecule has 176 valence electrons. The van der Waals surface area contributed by atoms with Crippen molar-refractivity contribution in [2.45, 2.75) is 38.0 Å². The number of aryl methyl sites for hydroxylation is 2. The summed E-state index contributed by atoms with van der Waals surface area (Å²) in [7, 11) is 0. The molecule has 1 atom stereocenters. The Hall–Kier alpha value is -2.94. The van der Waals surface area contributed by atoms with Crippen LogP contribution in [0.15, 0.2) is 72.8 Å². The van der Waals surface area contributed by atoms with Crippen LogP contribution in [0, 0.1) is 0 Å². The summed E-state index contributed by atoms with van der Waals surface area (Å²) in [5, 5.41) is 5.88. The molecular weight excluding hydrogens is 426 g/mol. The lowest BCUT2D eigenvalue weighted by Gasteiger charge is -2.26. The molecule has 4 aromatic carbocycles. The average Bonchev–Trinajstić information content (AvgIpc) is 3.26. The number of ether oxygens (including phenoxy) is 1. The van der Waals surface area contributed by atoms with Gasteiger partial charge >= 0.3 is 0 Å². The van der Waals surface area contributed by atoms with Crippen LogP contribution in [0.4, 0.5) is 0 Å². The largest absolute Gasteiger partial charge is 0.379 e. The second kappa shape index (κ2) is 8.93. The molecule has 3 aliphatic rings. The van der Waals surface area contributed by atoms with Crippen LogP contribution in [0.25, 0.3) is 27.1 Å². The van der Waals surface area contributed by atoms with Gasteiger partial charge in [-0.15, -0.1) is 0 Å². The van der Waals surface area contributed by atoms with Gasteiger partial charge in [-0.05, 0) is 87.0 Å². The number of hydrogen-bond donors (Lipinski definition) is 0. The lowest BCUT2D eigenvalue weighted by atomic mass is 9.82. The van der Waals surface area contributed by atoms with Gasteiger partial charge in [-0.1, -0.05) is 72.8 Å². The average molecular weight is 460 g/mol. The van der Waals surface area contributed by atoms with Crippen LogP contribution < -0.4 is 0 Å². The van der Waals surface area contributed by atoms with E-state index in [-0.39, 0.29) is 0 Å². The number of nitrogens with zero attached hydrogens (tertiary/aromatic N) is 1. The number of fused-ring (bicyclic) bond motifs is 3. The van der Waals surface area contributed by atoms with E-state index in [0.29, 0.717) is 5.92 Å². The Morgan fingerprint density at radius 3 is 2.60 bits per heavy atom. The van der Waals surface area contributed by atoms with Crippen LogP contribution in [-0.4, -0.2) is 37.7 Å². The minimum absolute atomic E-state index is 0.449. The minimum Gasteiger partial charge on any atom is -0.379 e. The molecule has 7 rings (SSSR count). The first-order chi connectivity index (χ1) is 17.3. The normalized spacial score (nSPS) is 19.8. The van der Waals surface area contributed by atoms with Crippen LogP contribution in [-0.2, 0) is 24.0 Å². The van der Waals surface area contributed by atoms with Crippen molar-refractivity contribution in [3.05, 3.63) is 101 Å². The number of allylic oxidation sites excluding steroid dienone is 1. The molecule has 0 radical (unpaired) electrons. The van der Waals surface area contributed by atoms with Gasteiger partial charge in [0.2, 0.25) is 0 Å². The molecule has 0 aromatic heterocycles. The van der Waals surface area contributed by atoms with E-state index in [4.69, 9.17) is 4.74 Å². The highest BCUT2D eigenvalue weighted by Crippen LogP contribution is 2.43. The Balaban J connectivity index is 1.28. The van der Waals surface area contributed by atoms with Gasteiger partial charge in [0.1, 0.15) is 0 Å². The first kappa shape index (κ1) is 21.4. The predicted molar refractivity (Wildman–Crippen MR) is 146 cm³/mol. The van der Waals surface area contributed by atoms with Crippen molar-refractivity contribution in [3.63, 3.8) is 0 Å². The fourth-order valence-electron chi connectivity index (χ4n) is 6.78. The van der Waals surface area contributed by atoms with Crippen molar-refractivity contribution in [1.82, 2.24) is 4.90 Å². The molecule has 1 fully saturated rings. The van der Waals surface area contributed by atoms with Crippen molar-refractivity contribution < 1.29 is 4.74 Å². The molecule has 1 saturated heterocycles. The zero-order valence-electron chi connectivity index (χ0n) is 20.4. The molecule has 2 aliphatic carbocycles. The zero-order valence-corrected chi connectivity index (χ0v) is 20.4. The van der Waals surface area contributed by atoms with Crippen molar-refractivity contribution >= 4 is 27.1 Å². The lowest BCUT2D eigenvalue weighted by Crippen LogP contribution is -2.36. The third-order valence-corrected chi connectivity index (χ3v) is 8.50. The summed E-state index contributed by atoms with van der Waals surface area (Å²) in [6.45, 7) is 4.99. The SMILES string of the molecule is C1=C(CCN2CCOCC2)c2ccccc2C1Cc1ccc2c3c(cc4ccccc4c13)CCC2. The molecule has 35 heavy (non-hydrogen) atoms. The fourth-order valence-corrected chi connectivity index (χ4v) is 6.78. The van der Waals surface area contributed by atoms with E-state index in [0.717, 1.165) is 45.7 Å². The maximum absolute atomic E-state index is 5.55. The first-order valence-electron chi connectivity index (χ1n) is 13.4. The van der Waals surface area contributed by atoms with E-state index in [1.807, 2.05) is 0 Å². The van der Waals surface area contributed by atoms with Crippen LogP contribution in [0.1, 0.15) is 46.6 Å². The summed E-state index contributed by atoms with van der Waals surface area (Å²) < 4.78 is 5.55. The Morgan fingerprint density at radius 1 is 0.829 bits per heavy atom. The highest BCUT2D eigenvalue weighted by atomic mass is 16.5. The minimum atomic E-state index is 0.449. The molecule has 0 spiro atoms. The van der Waals surface area contributed by atoms with E-state index in [1.54, 1.807) is 16.5 Å². The molecule has 2 nitrogen and oxygen atoms in total. The summed E-state index contributed by atoms with van der Waals surface area (Å²) in [5.74, 6) is 0.449. The van der Waals surface area contributed by atoms with Crippen LogP contribution in [0.5, 0.6) is 0 Å². The van der Waals surface area contributed by atoms with Crippen LogP contribution in [0.2, 0.25) is 0 Å². The molecule has 1 aliphatic heterocycles. The van der Waals surface area contributed by atoms with Gasteiger partial charge in [0.25, 0.3) is 0 Å². The van der Waals surface area contributed by atoms with Gasteiger partial charge in [0.05, 0.1) is 13.2 Å². The molecule has 0 bridgehead atoms. The van der Waals surface area contributed by atoms with E-state index >= 15 is 0 Å². The lowest BCUT2D eigenvalue weighted by molar-refractivity contribution is 0.0390. The second-order valence-electron chi connectivity index (χ2n) is 10.5. The highest BCUT2D eigenvalue weighted by Gasteiger charge is 2.25. The predicted octanol–water partition coefficient (Wildman–Crippen LogP) is 6.93. The van der Waals surface area contributed by atoms with Gasteiger partial charge in [-0.25, -0.2) is 0 Å². The van der Waals surface area contributed by atoms with Crippen molar-refractivity contribution in [2.24, 2.45) is 0 Å². The molecule has 0 saturated carbocycles. The standard InChI is InChI=1S/C33H33NO/c1-2-11-31-24(6-1)20-26-8-5-7-23-12-13-27(33(31)32(23)26)22-28-21-25(29-9-3-4-10-30(28)29)14-15-34-16-18-35-19-17-34/h1-4,6,9-13,20-21,28H,5,7-8,14-19,22H2. The van der Waals surface area contributed by atoms with Crippen molar-refractivity contribution in [1.29, 1.82) is 0 Å². The number of rotatable bonds is 5. The van der Waals surface area contributed by atoms with Gasteiger partial charge in [0, 0.05) is 25.6 Å². The summed E-state index contributed by atoms with van der Waals surface area (Å²) >= 11 is 0. The quantitative estimate of drug-likeness (QED) is 0.300. The molecule has 2 heteroatoms. The number of morpholine rings is 1. The Labute approximate surface area is 208 Å². The fraction of sp³-hybridized carbons (Fsp3) is 0.333. The molecular formula is C33H33NO. The molecule has 0 N–H and O–H groups in total. The summed E-state index contributed by atoms with van der Waals surface area (Å²) in [6.07, 6.45) is 8.46. The van der Waals surface area contributed by atoms with E-state index < -0.39 is 0 Å². The third kappa shape index (κ3) is 3.80. The number of hydrogen-bond acceptors (Lipinski definition) is 2. The van der Waals surface area contributed by atoms with Crippen LogP contribution >= 0.6 is 0 Å². The van der Waals surface area contributed by atoms with Gasteiger partial charge in [0.15, 0.2) is 0 Å². The molecule has 1 unspecified atom stereocenters. The second-order valence-corrected chi connectivity index (χ2v) is 10.5. The molecule has 4 aromatic rings. The topological polar surface area (TPSA) is 12.5 Å². The first-order valence-corrected chi connectivity index (χ1v) is 13.4. The van der Waals surface area contributed by atoms with E-state index in [2.05, 4.69) is 77.7 Å². The Bertz CT molecular complexity index is 1440. The third-order valence-electron chi connectivity index (χ3n) is 8.50.